The molecule has 0 unspecified atom stereocenters. The molecule has 0 aliphatic carbocycles. The van der Waals surface area contributed by atoms with E-state index >= 15 is 0 Å². The van der Waals surface area contributed by atoms with Gasteiger partial charge >= 0.3 is 0 Å². The quantitative estimate of drug-likeness (QED) is 0.728. The van der Waals surface area contributed by atoms with Crippen molar-refractivity contribution in [3.05, 3.63) is 40.9 Å². The van der Waals surface area contributed by atoms with Crippen molar-refractivity contribution in [1.82, 2.24) is 15.3 Å². The van der Waals surface area contributed by atoms with Crippen LogP contribution in [0.2, 0.25) is 5.02 Å². The van der Waals surface area contributed by atoms with Crippen molar-refractivity contribution in [2.75, 3.05) is 30.4 Å². The minimum Gasteiger partial charge on any atom is -0.481 e. The number of hydrogen-bond donors (Lipinski definition) is 2. The Morgan fingerprint density at radius 1 is 1.19 bits per heavy atom. The van der Waals surface area contributed by atoms with E-state index in [-0.39, 0.29) is 0 Å². The molecule has 3 rings (SSSR count). The van der Waals surface area contributed by atoms with Crippen LogP contribution in [0.15, 0.2) is 30.3 Å². The first-order valence-corrected chi connectivity index (χ1v) is 9.90. The van der Waals surface area contributed by atoms with Gasteiger partial charge in [0, 0.05) is 30.7 Å². The summed E-state index contributed by atoms with van der Waals surface area (Å²) in [5, 5.41) is 7.32. The first-order chi connectivity index (χ1) is 13.2. The van der Waals surface area contributed by atoms with Gasteiger partial charge in [0.2, 0.25) is 11.8 Å². The molecule has 2 heterocycles. The molecule has 1 aromatic carbocycles. The van der Waals surface area contributed by atoms with Gasteiger partial charge in [0.15, 0.2) is 5.11 Å². The second-order valence-electron chi connectivity index (χ2n) is 6.39. The monoisotopic (exact) mass is 405 g/mol. The van der Waals surface area contributed by atoms with Gasteiger partial charge in [-0.3, -0.25) is 0 Å². The van der Waals surface area contributed by atoms with E-state index in [9.17, 15) is 0 Å². The van der Waals surface area contributed by atoms with E-state index in [2.05, 4.69) is 25.5 Å². The van der Waals surface area contributed by atoms with Gasteiger partial charge in [0.25, 0.3) is 0 Å². The van der Waals surface area contributed by atoms with E-state index in [1.54, 1.807) is 7.11 Å². The zero-order valence-corrected chi connectivity index (χ0v) is 16.9. The lowest BCUT2D eigenvalue weighted by molar-refractivity contribution is 0.397. The SMILES string of the molecule is COc1cc(N2CCCCCC2)nc(NC(=S)NCc2ccccc2Cl)n1. The summed E-state index contributed by atoms with van der Waals surface area (Å²) in [6.45, 7) is 2.51. The summed E-state index contributed by atoms with van der Waals surface area (Å²) < 4.78 is 5.35. The van der Waals surface area contributed by atoms with E-state index < -0.39 is 0 Å². The van der Waals surface area contributed by atoms with Crippen LogP contribution in [-0.4, -0.2) is 35.3 Å². The van der Waals surface area contributed by atoms with Crippen LogP contribution < -0.4 is 20.3 Å². The number of aromatic nitrogens is 2. The van der Waals surface area contributed by atoms with Crippen molar-refractivity contribution in [2.24, 2.45) is 0 Å². The molecule has 6 nitrogen and oxygen atoms in total. The Hall–Kier alpha value is -2.12. The van der Waals surface area contributed by atoms with Crippen LogP contribution in [0.3, 0.4) is 0 Å². The van der Waals surface area contributed by atoms with Crippen LogP contribution in [-0.2, 0) is 6.54 Å². The third-order valence-electron chi connectivity index (χ3n) is 4.45. The molecule has 0 spiro atoms. The van der Waals surface area contributed by atoms with Crippen molar-refractivity contribution in [2.45, 2.75) is 32.2 Å². The fraction of sp³-hybridized carbons (Fsp3) is 0.421. The Kier molecular flexibility index (Phi) is 7.06. The summed E-state index contributed by atoms with van der Waals surface area (Å²) in [5.41, 5.74) is 0.972. The van der Waals surface area contributed by atoms with Gasteiger partial charge in [-0.25, -0.2) is 0 Å². The highest BCUT2D eigenvalue weighted by Gasteiger charge is 2.15. The number of rotatable bonds is 5. The van der Waals surface area contributed by atoms with Crippen molar-refractivity contribution in [1.29, 1.82) is 0 Å². The lowest BCUT2D eigenvalue weighted by Gasteiger charge is -2.22. The molecule has 144 valence electrons. The van der Waals surface area contributed by atoms with Crippen LogP contribution in [0.5, 0.6) is 5.88 Å². The molecule has 0 amide bonds. The number of ether oxygens (including phenoxy) is 1. The van der Waals surface area contributed by atoms with Gasteiger partial charge in [-0.2, -0.15) is 9.97 Å². The molecule has 0 bridgehead atoms. The van der Waals surface area contributed by atoms with Crippen LogP contribution in [0.1, 0.15) is 31.2 Å². The fourth-order valence-electron chi connectivity index (χ4n) is 3.00. The average Bonchev–Trinajstić information content (AvgIpc) is 2.96. The summed E-state index contributed by atoms with van der Waals surface area (Å²) in [6.07, 6.45) is 4.87. The molecule has 1 saturated heterocycles. The Labute approximate surface area is 170 Å². The van der Waals surface area contributed by atoms with E-state index in [4.69, 9.17) is 28.6 Å². The largest absolute Gasteiger partial charge is 0.481 e. The summed E-state index contributed by atoms with van der Waals surface area (Å²) in [5.74, 6) is 1.80. The Morgan fingerprint density at radius 2 is 1.93 bits per heavy atom. The summed E-state index contributed by atoms with van der Waals surface area (Å²) in [4.78, 5) is 11.3. The molecule has 2 N–H and O–H groups in total. The molecule has 2 aromatic rings. The topological polar surface area (TPSA) is 62.3 Å². The van der Waals surface area contributed by atoms with Crippen LogP contribution in [0.4, 0.5) is 11.8 Å². The number of thiocarbonyl (C=S) groups is 1. The number of hydrogen-bond acceptors (Lipinski definition) is 5. The maximum atomic E-state index is 6.18. The molecule has 27 heavy (non-hydrogen) atoms. The number of anilines is 2. The first-order valence-electron chi connectivity index (χ1n) is 9.12. The molecule has 1 aromatic heterocycles. The molecule has 1 aliphatic heterocycles. The standard InChI is InChI=1S/C19H24ClN5OS/c1-26-17-12-16(25-10-6-2-3-7-11-25)22-18(23-17)24-19(27)21-13-14-8-4-5-9-15(14)20/h4-5,8-9,12H,2-3,6-7,10-11,13H2,1H3,(H2,21,22,23,24,27). The van der Waals surface area contributed by atoms with Crippen molar-refractivity contribution < 1.29 is 4.74 Å². The molecule has 1 aliphatic rings. The van der Waals surface area contributed by atoms with Gasteiger partial charge in [-0.1, -0.05) is 42.6 Å². The minimum atomic E-state index is 0.422. The number of halogens is 1. The highest BCUT2D eigenvalue weighted by molar-refractivity contribution is 7.80. The predicted octanol–water partition coefficient (Wildman–Crippen LogP) is 4.01. The number of benzene rings is 1. The van der Waals surface area contributed by atoms with Crippen molar-refractivity contribution >= 4 is 40.7 Å². The summed E-state index contributed by atoms with van der Waals surface area (Å²) in [6, 6.07) is 9.52. The van der Waals surface area contributed by atoms with E-state index in [0.717, 1.165) is 24.5 Å². The minimum absolute atomic E-state index is 0.422. The third-order valence-corrected chi connectivity index (χ3v) is 5.07. The molecule has 0 atom stereocenters. The molecular weight excluding hydrogens is 382 g/mol. The summed E-state index contributed by atoms with van der Waals surface area (Å²) in [7, 11) is 1.60. The zero-order valence-electron chi connectivity index (χ0n) is 15.4. The third kappa shape index (κ3) is 5.68. The number of methoxy groups -OCH3 is 1. The van der Waals surface area contributed by atoms with Gasteiger partial charge in [-0.05, 0) is 36.7 Å². The fourth-order valence-corrected chi connectivity index (χ4v) is 3.36. The van der Waals surface area contributed by atoms with Gasteiger partial charge in [-0.15, -0.1) is 0 Å². The van der Waals surface area contributed by atoms with Crippen LogP contribution in [0, 0.1) is 0 Å². The highest BCUT2D eigenvalue weighted by Crippen LogP contribution is 2.22. The molecule has 1 fully saturated rings. The van der Waals surface area contributed by atoms with E-state index in [1.165, 1.54) is 25.7 Å². The van der Waals surface area contributed by atoms with Crippen molar-refractivity contribution in [3.63, 3.8) is 0 Å². The lowest BCUT2D eigenvalue weighted by atomic mass is 10.2. The summed E-state index contributed by atoms with van der Waals surface area (Å²) >= 11 is 11.6. The number of nitrogens with one attached hydrogen (secondary N) is 2. The predicted molar refractivity (Wildman–Crippen MR) is 114 cm³/mol. The lowest BCUT2D eigenvalue weighted by Crippen LogP contribution is -2.30. The van der Waals surface area contributed by atoms with Crippen LogP contribution >= 0.6 is 23.8 Å². The average molecular weight is 406 g/mol. The van der Waals surface area contributed by atoms with Gasteiger partial charge in [0.1, 0.15) is 5.82 Å². The normalized spacial score (nSPS) is 14.4. The maximum Gasteiger partial charge on any atom is 0.234 e. The Morgan fingerprint density at radius 3 is 2.63 bits per heavy atom. The second kappa shape index (κ2) is 9.71. The molecule has 0 radical (unpaired) electrons. The second-order valence-corrected chi connectivity index (χ2v) is 7.21. The maximum absolute atomic E-state index is 6.18. The molecule has 8 heteroatoms. The zero-order chi connectivity index (χ0) is 19.1. The molecule has 0 saturated carbocycles. The Bertz CT molecular complexity index is 780. The Balaban J connectivity index is 1.67. The highest BCUT2D eigenvalue weighted by atomic mass is 35.5. The van der Waals surface area contributed by atoms with Crippen LogP contribution in [0.25, 0.3) is 0 Å². The van der Waals surface area contributed by atoms with E-state index in [1.807, 2.05) is 30.3 Å². The van der Waals surface area contributed by atoms with Gasteiger partial charge in [0.05, 0.1) is 7.11 Å². The van der Waals surface area contributed by atoms with Crippen molar-refractivity contribution in [3.8, 4) is 5.88 Å². The smallest absolute Gasteiger partial charge is 0.234 e. The first kappa shape index (κ1) is 19.6. The van der Waals surface area contributed by atoms with E-state index in [0.29, 0.717) is 28.5 Å². The number of nitrogens with zero attached hydrogens (tertiary/aromatic N) is 3. The molecular formula is C19H24ClN5OS. The van der Waals surface area contributed by atoms with Gasteiger partial charge < -0.3 is 20.3 Å².